The van der Waals surface area contributed by atoms with Crippen LogP contribution in [0, 0.1) is 5.82 Å². The molecule has 0 amide bonds. The first-order valence-electron chi connectivity index (χ1n) is 8.41. The third-order valence-electron chi connectivity index (χ3n) is 4.29. The van der Waals surface area contributed by atoms with Gasteiger partial charge in [-0.15, -0.1) is 16.4 Å². The molecular weight excluding hydrogens is 363 g/mol. The maximum absolute atomic E-state index is 14.4. The number of anilines is 3. The summed E-state index contributed by atoms with van der Waals surface area (Å²) in [4.78, 5) is 7.34. The maximum atomic E-state index is 14.4. The Bertz CT molecular complexity index is 1220. The van der Waals surface area contributed by atoms with E-state index in [-0.39, 0.29) is 5.65 Å². The SMILES string of the molecule is Fc1cc(Nc2cccs2)nn2c(CNc3ccc4[nH]ccc4c3)cnc12. The van der Waals surface area contributed by atoms with Crippen LogP contribution in [0.4, 0.5) is 20.9 Å². The second-order valence-corrected chi connectivity index (χ2v) is 7.05. The van der Waals surface area contributed by atoms with E-state index in [9.17, 15) is 4.39 Å². The number of aromatic amines is 1. The van der Waals surface area contributed by atoms with Gasteiger partial charge in [-0.3, -0.25) is 0 Å². The average Bonchev–Trinajstić information content (AvgIpc) is 3.40. The molecule has 4 aromatic heterocycles. The van der Waals surface area contributed by atoms with Gasteiger partial charge >= 0.3 is 0 Å². The number of H-pyrrole nitrogens is 1. The van der Waals surface area contributed by atoms with Gasteiger partial charge in [0.15, 0.2) is 17.3 Å². The van der Waals surface area contributed by atoms with E-state index in [4.69, 9.17) is 0 Å². The number of hydrogen-bond acceptors (Lipinski definition) is 5. The lowest BCUT2D eigenvalue weighted by Crippen LogP contribution is -2.07. The minimum Gasteiger partial charge on any atom is -0.379 e. The van der Waals surface area contributed by atoms with Crippen LogP contribution in [0.15, 0.2) is 60.2 Å². The zero-order valence-electron chi connectivity index (χ0n) is 14.1. The van der Waals surface area contributed by atoms with E-state index in [1.54, 1.807) is 6.20 Å². The zero-order chi connectivity index (χ0) is 18.2. The molecule has 0 fully saturated rings. The number of thiophene rings is 1. The van der Waals surface area contributed by atoms with Gasteiger partial charge in [0.25, 0.3) is 0 Å². The van der Waals surface area contributed by atoms with Crippen LogP contribution in [-0.4, -0.2) is 19.6 Å². The van der Waals surface area contributed by atoms with E-state index in [2.05, 4.69) is 31.8 Å². The number of aromatic nitrogens is 4. The third-order valence-corrected chi connectivity index (χ3v) is 5.08. The highest BCUT2D eigenvalue weighted by Crippen LogP contribution is 2.22. The molecule has 0 aliphatic heterocycles. The molecule has 5 rings (SSSR count). The first kappa shape index (κ1) is 15.8. The molecule has 3 N–H and O–H groups in total. The van der Waals surface area contributed by atoms with Crippen molar-refractivity contribution in [2.75, 3.05) is 10.6 Å². The highest BCUT2D eigenvalue weighted by Gasteiger charge is 2.12. The predicted molar refractivity (Wildman–Crippen MR) is 106 cm³/mol. The summed E-state index contributed by atoms with van der Waals surface area (Å²) in [6.45, 7) is 0.478. The molecular formula is C19H15FN6S. The van der Waals surface area contributed by atoms with Crippen molar-refractivity contribution in [2.45, 2.75) is 6.54 Å². The molecule has 6 nitrogen and oxygen atoms in total. The van der Waals surface area contributed by atoms with Gasteiger partial charge in [-0.25, -0.2) is 13.9 Å². The number of halogens is 1. The second-order valence-electron chi connectivity index (χ2n) is 6.10. The molecule has 0 bridgehead atoms. The Morgan fingerprint density at radius 2 is 2.15 bits per heavy atom. The Labute approximate surface area is 157 Å². The third kappa shape index (κ3) is 3.00. The fourth-order valence-electron chi connectivity index (χ4n) is 2.99. The lowest BCUT2D eigenvalue weighted by atomic mass is 10.2. The zero-order valence-corrected chi connectivity index (χ0v) is 14.9. The van der Waals surface area contributed by atoms with Crippen LogP contribution in [0.1, 0.15) is 5.69 Å². The van der Waals surface area contributed by atoms with Crippen molar-refractivity contribution in [1.82, 2.24) is 19.6 Å². The van der Waals surface area contributed by atoms with E-state index in [0.29, 0.717) is 12.4 Å². The summed E-state index contributed by atoms with van der Waals surface area (Å²) >= 11 is 1.53. The van der Waals surface area contributed by atoms with Crippen LogP contribution in [0.3, 0.4) is 0 Å². The molecule has 27 heavy (non-hydrogen) atoms. The number of nitrogens with one attached hydrogen (secondary N) is 3. The molecule has 134 valence electrons. The minimum absolute atomic E-state index is 0.213. The molecule has 0 radical (unpaired) electrons. The van der Waals surface area contributed by atoms with Crippen molar-refractivity contribution in [2.24, 2.45) is 0 Å². The summed E-state index contributed by atoms with van der Waals surface area (Å²) in [5.41, 5.74) is 3.05. The average molecular weight is 378 g/mol. The standard InChI is InChI=1S/C19H15FN6S/c20-15-9-17(24-18-2-1-7-27-18)25-26-14(11-23-19(15)26)10-22-13-3-4-16-12(8-13)5-6-21-16/h1-9,11,21-22H,10H2,(H,24,25). The largest absolute Gasteiger partial charge is 0.379 e. The molecule has 4 heterocycles. The smallest absolute Gasteiger partial charge is 0.190 e. The summed E-state index contributed by atoms with van der Waals surface area (Å²) in [7, 11) is 0. The summed E-state index contributed by atoms with van der Waals surface area (Å²) < 4.78 is 15.9. The predicted octanol–water partition coefficient (Wildman–Crippen LogP) is 4.77. The minimum atomic E-state index is -0.413. The summed E-state index contributed by atoms with van der Waals surface area (Å²) in [5, 5.41) is 14.9. The van der Waals surface area contributed by atoms with Crippen LogP contribution in [0.5, 0.6) is 0 Å². The molecule has 0 aliphatic carbocycles. The first-order valence-corrected chi connectivity index (χ1v) is 9.29. The van der Waals surface area contributed by atoms with Gasteiger partial charge in [-0.1, -0.05) is 0 Å². The van der Waals surface area contributed by atoms with E-state index < -0.39 is 5.82 Å². The van der Waals surface area contributed by atoms with Crippen LogP contribution < -0.4 is 10.6 Å². The van der Waals surface area contributed by atoms with Crippen molar-refractivity contribution in [3.05, 3.63) is 71.7 Å². The van der Waals surface area contributed by atoms with Gasteiger partial charge < -0.3 is 15.6 Å². The lowest BCUT2D eigenvalue weighted by molar-refractivity contribution is 0.622. The van der Waals surface area contributed by atoms with Gasteiger partial charge in [-0.2, -0.15) is 0 Å². The maximum Gasteiger partial charge on any atom is 0.190 e. The van der Waals surface area contributed by atoms with E-state index in [0.717, 1.165) is 27.3 Å². The fourth-order valence-corrected chi connectivity index (χ4v) is 3.61. The van der Waals surface area contributed by atoms with Crippen LogP contribution in [0.25, 0.3) is 16.6 Å². The van der Waals surface area contributed by atoms with Crippen LogP contribution >= 0.6 is 11.3 Å². The molecule has 0 saturated carbocycles. The number of hydrogen-bond donors (Lipinski definition) is 3. The second kappa shape index (κ2) is 6.40. The molecule has 0 spiro atoms. The number of imidazole rings is 1. The molecule has 0 aliphatic rings. The topological polar surface area (TPSA) is 70.0 Å². The normalized spacial score (nSPS) is 11.3. The van der Waals surface area contributed by atoms with Gasteiger partial charge in [0, 0.05) is 28.9 Å². The number of fused-ring (bicyclic) bond motifs is 2. The Hall–Kier alpha value is -3.39. The first-order chi connectivity index (χ1) is 13.3. The molecule has 8 heteroatoms. The molecule has 0 atom stereocenters. The van der Waals surface area contributed by atoms with Crippen LogP contribution in [-0.2, 0) is 6.54 Å². The number of rotatable bonds is 5. The number of nitrogens with zero attached hydrogens (tertiary/aromatic N) is 3. The molecule has 0 unspecified atom stereocenters. The van der Waals surface area contributed by atoms with E-state index in [1.165, 1.54) is 21.9 Å². The summed E-state index contributed by atoms with van der Waals surface area (Å²) in [5.74, 6) is 0.0273. The van der Waals surface area contributed by atoms with E-state index in [1.807, 2.05) is 41.9 Å². The van der Waals surface area contributed by atoms with Crippen molar-refractivity contribution in [3.63, 3.8) is 0 Å². The lowest BCUT2D eigenvalue weighted by Gasteiger charge is -2.08. The quantitative estimate of drug-likeness (QED) is 0.412. The monoisotopic (exact) mass is 378 g/mol. The fraction of sp³-hybridized carbons (Fsp3) is 0.0526. The Morgan fingerprint density at radius 3 is 3.04 bits per heavy atom. The van der Waals surface area contributed by atoms with Crippen LogP contribution in [0.2, 0.25) is 0 Å². The molecule has 0 saturated heterocycles. The van der Waals surface area contributed by atoms with Crippen molar-refractivity contribution >= 4 is 44.4 Å². The van der Waals surface area contributed by atoms with Gasteiger partial charge in [0.2, 0.25) is 0 Å². The van der Waals surface area contributed by atoms with Crippen molar-refractivity contribution < 1.29 is 4.39 Å². The highest BCUT2D eigenvalue weighted by molar-refractivity contribution is 7.14. The Balaban J connectivity index is 1.42. The van der Waals surface area contributed by atoms with Gasteiger partial charge in [0.05, 0.1) is 23.4 Å². The summed E-state index contributed by atoms with van der Waals surface area (Å²) in [6, 6.07) is 13.3. The molecule has 5 aromatic rings. The van der Waals surface area contributed by atoms with E-state index >= 15 is 0 Å². The van der Waals surface area contributed by atoms with Crippen molar-refractivity contribution in [3.8, 4) is 0 Å². The summed E-state index contributed by atoms with van der Waals surface area (Å²) in [6.07, 6.45) is 3.55. The van der Waals surface area contributed by atoms with Gasteiger partial charge in [-0.05, 0) is 41.8 Å². The number of benzene rings is 1. The van der Waals surface area contributed by atoms with Crippen molar-refractivity contribution in [1.29, 1.82) is 0 Å². The Kier molecular flexibility index (Phi) is 3.75. The highest BCUT2D eigenvalue weighted by atomic mass is 32.1. The molecule has 1 aromatic carbocycles. The Morgan fingerprint density at radius 1 is 1.19 bits per heavy atom. The van der Waals surface area contributed by atoms with Gasteiger partial charge in [0.1, 0.15) is 0 Å².